The lowest BCUT2D eigenvalue weighted by molar-refractivity contribution is 1.20. The highest BCUT2D eigenvalue weighted by Crippen LogP contribution is 2.46. The van der Waals surface area contributed by atoms with Crippen LogP contribution in [0.1, 0.15) is 18.1 Å². The summed E-state index contributed by atoms with van der Waals surface area (Å²) in [7, 11) is 0. The Labute approximate surface area is 222 Å². The molecule has 0 heterocycles. The maximum Gasteiger partial charge on any atom is -0.00207 e. The van der Waals surface area contributed by atoms with Crippen LogP contribution in [0.3, 0.4) is 0 Å². The van der Waals surface area contributed by atoms with Crippen LogP contribution in [0.4, 0.5) is 0 Å². The van der Waals surface area contributed by atoms with E-state index in [1.165, 1.54) is 82.0 Å². The summed E-state index contributed by atoms with van der Waals surface area (Å²) in [6, 6.07) is 44.8. The minimum absolute atomic E-state index is 0.985. The Morgan fingerprint density at radius 3 is 1.32 bits per heavy atom. The van der Waals surface area contributed by atoms with Crippen LogP contribution < -0.4 is 0 Å². The Balaban J connectivity index is 1.49. The largest absolute Gasteiger partial charge is 0.0683 e. The van der Waals surface area contributed by atoms with Gasteiger partial charge in [0.1, 0.15) is 0 Å². The molecule has 0 aromatic heterocycles. The first-order valence-corrected chi connectivity index (χ1v) is 13.4. The second-order valence-corrected chi connectivity index (χ2v) is 10.6. The molecule has 0 amide bonds. The lowest BCUT2D eigenvalue weighted by Crippen LogP contribution is -1.96. The van der Waals surface area contributed by atoms with Crippen LogP contribution in [0, 0.1) is 0 Å². The van der Waals surface area contributed by atoms with Gasteiger partial charge in [0, 0.05) is 0 Å². The van der Waals surface area contributed by atoms with E-state index in [0.717, 1.165) is 6.42 Å². The van der Waals surface area contributed by atoms with Crippen molar-refractivity contribution in [2.24, 2.45) is 0 Å². The zero-order chi connectivity index (χ0) is 25.2. The Hall–Kier alpha value is -4.68. The van der Waals surface area contributed by atoms with Gasteiger partial charge in [-0.15, -0.1) is 0 Å². The highest BCUT2D eigenvalue weighted by molar-refractivity contribution is 6.16. The fourth-order valence-electron chi connectivity index (χ4n) is 6.66. The summed E-state index contributed by atoms with van der Waals surface area (Å²) in [5.74, 6) is 0. The van der Waals surface area contributed by atoms with Crippen LogP contribution in [0.25, 0.3) is 71.4 Å². The zero-order valence-electron chi connectivity index (χ0n) is 21.3. The number of hydrogen-bond acceptors (Lipinski definition) is 0. The Morgan fingerprint density at radius 1 is 0.447 bits per heavy atom. The molecule has 0 saturated carbocycles. The molecule has 0 bridgehead atoms. The van der Waals surface area contributed by atoms with Gasteiger partial charge in [-0.1, -0.05) is 121 Å². The number of benzene rings is 7. The molecule has 7 aromatic carbocycles. The molecule has 0 spiro atoms. The summed E-state index contributed by atoms with van der Waals surface area (Å²) in [6.07, 6.45) is 3.41. The topological polar surface area (TPSA) is 0 Å². The highest BCUT2D eigenvalue weighted by Gasteiger charge is 2.23. The Bertz CT molecular complexity index is 2000. The molecular weight excluding hydrogens is 456 g/mol. The molecule has 0 saturated heterocycles. The first-order chi connectivity index (χ1) is 18.8. The standard InChI is InChI=1S/C38H26/c1-24-20-35-33(37-29-14-6-2-10-25(29)22-26-11-3-7-15-30(26)37)18-19-34(36(35)21-24)38-31-16-8-4-12-27(31)23-28-13-5-9-17-32(28)38/h2-20,22-23H,21H2,1H3. The second kappa shape index (κ2) is 8.16. The first kappa shape index (κ1) is 21.4. The zero-order valence-corrected chi connectivity index (χ0v) is 21.3. The number of rotatable bonds is 2. The average molecular weight is 483 g/mol. The van der Waals surface area contributed by atoms with Gasteiger partial charge in [0.15, 0.2) is 0 Å². The third kappa shape index (κ3) is 3.10. The van der Waals surface area contributed by atoms with Crippen molar-refractivity contribution in [3.05, 3.63) is 138 Å². The van der Waals surface area contributed by atoms with Crippen molar-refractivity contribution in [3.63, 3.8) is 0 Å². The van der Waals surface area contributed by atoms with Gasteiger partial charge in [-0.3, -0.25) is 0 Å². The molecule has 0 nitrogen and oxygen atoms in total. The molecule has 0 heteroatoms. The summed E-state index contributed by atoms with van der Waals surface area (Å²) in [5, 5.41) is 10.4. The second-order valence-electron chi connectivity index (χ2n) is 10.6. The molecule has 38 heavy (non-hydrogen) atoms. The van der Waals surface area contributed by atoms with Gasteiger partial charge in [0.05, 0.1) is 0 Å². The lowest BCUT2D eigenvalue weighted by atomic mass is 9.84. The monoisotopic (exact) mass is 482 g/mol. The van der Waals surface area contributed by atoms with E-state index in [2.05, 4.69) is 134 Å². The molecular formula is C38H26. The van der Waals surface area contributed by atoms with E-state index in [4.69, 9.17) is 0 Å². The van der Waals surface area contributed by atoms with E-state index in [1.54, 1.807) is 0 Å². The SMILES string of the molecule is CC1=Cc2c(-c3c4ccccc4cc4ccccc34)ccc(-c3c4ccccc4cc4ccccc34)c2C1. The van der Waals surface area contributed by atoms with Gasteiger partial charge in [-0.25, -0.2) is 0 Å². The molecule has 178 valence electrons. The van der Waals surface area contributed by atoms with Crippen LogP contribution in [-0.2, 0) is 6.42 Å². The average Bonchev–Trinajstić information content (AvgIpc) is 3.36. The van der Waals surface area contributed by atoms with Crippen LogP contribution in [0.2, 0.25) is 0 Å². The van der Waals surface area contributed by atoms with Crippen LogP contribution >= 0.6 is 0 Å². The molecule has 8 rings (SSSR count). The van der Waals surface area contributed by atoms with Crippen LogP contribution in [-0.4, -0.2) is 0 Å². The number of hydrogen-bond donors (Lipinski definition) is 0. The summed E-state index contributed by atoms with van der Waals surface area (Å²) in [4.78, 5) is 0. The fraction of sp³-hybridized carbons (Fsp3) is 0.0526. The smallest absolute Gasteiger partial charge is 0.00207 e. The van der Waals surface area contributed by atoms with Gasteiger partial charge in [0.2, 0.25) is 0 Å². The molecule has 0 atom stereocenters. The summed E-state index contributed by atoms with van der Waals surface area (Å²) in [5.41, 5.74) is 9.62. The van der Waals surface area contributed by atoms with E-state index >= 15 is 0 Å². The van der Waals surface area contributed by atoms with Crippen molar-refractivity contribution in [2.75, 3.05) is 0 Å². The first-order valence-electron chi connectivity index (χ1n) is 13.4. The molecule has 7 aromatic rings. The van der Waals surface area contributed by atoms with Gasteiger partial charge in [-0.2, -0.15) is 0 Å². The van der Waals surface area contributed by atoms with Gasteiger partial charge in [0.25, 0.3) is 0 Å². The summed E-state index contributed by atoms with van der Waals surface area (Å²) < 4.78 is 0. The third-order valence-electron chi connectivity index (χ3n) is 8.28. The van der Waals surface area contributed by atoms with Crippen LogP contribution in [0.5, 0.6) is 0 Å². The maximum absolute atomic E-state index is 2.43. The van der Waals surface area contributed by atoms with Crippen molar-refractivity contribution in [1.29, 1.82) is 0 Å². The van der Waals surface area contributed by atoms with Gasteiger partial charge >= 0.3 is 0 Å². The molecule has 0 fully saturated rings. The van der Waals surface area contributed by atoms with E-state index in [0.29, 0.717) is 0 Å². The number of fused-ring (bicyclic) bond motifs is 5. The van der Waals surface area contributed by atoms with Crippen molar-refractivity contribution in [3.8, 4) is 22.3 Å². The molecule has 0 aliphatic heterocycles. The fourth-order valence-corrected chi connectivity index (χ4v) is 6.66. The van der Waals surface area contributed by atoms with Crippen LogP contribution in [0.15, 0.2) is 127 Å². The van der Waals surface area contributed by atoms with Crippen molar-refractivity contribution < 1.29 is 0 Å². The number of allylic oxidation sites excluding steroid dienone is 1. The van der Waals surface area contributed by atoms with Gasteiger partial charge < -0.3 is 0 Å². The van der Waals surface area contributed by atoms with E-state index < -0.39 is 0 Å². The predicted molar refractivity (Wildman–Crippen MR) is 165 cm³/mol. The maximum atomic E-state index is 2.43. The van der Waals surface area contributed by atoms with Crippen molar-refractivity contribution >= 4 is 49.2 Å². The minimum atomic E-state index is 0.985. The summed E-state index contributed by atoms with van der Waals surface area (Å²) >= 11 is 0. The minimum Gasteiger partial charge on any atom is -0.0683 e. The van der Waals surface area contributed by atoms with Crippen molar-refractivity contribution in [2.45, 2.75) is 13.3 Å². The van der Waals surface area contributed by atoms with E-state index in [-0.39, 0.29) is 0 Å². The summed E-state index contributed by atoms with van der Waals surface area (Å²) in [6.45, 7) is 2.27. The van der Waals surface area contributed by atoms with Crippen molar-refractivity contribution in [1.82, 2.24) is 0 Å². The predicted octanol–water partition coefficient (Wildman–Crippen LogP) is 10.6. The highest BCUT2D eigenvalue weighted by atomic mass is 14.3. The normalized spacial score (nSPS) is 12.9. The molecule has 0 unspecified atom stereocenters. The molecule has 1 aliphatic rings. The molecule has 1 aliphatic carbocycles. The third-order valence-corrected chi connectivity index (χ3v) is 8.28. The lowest BCUT2D eigenvalue weighted by Gasteiger charge is -2.19. The Morgan fingerprint density at radius 2 is 0.842 bits per heavy atom. The molecule has 0 radical (unpaired) electrons. The van der Waals surface area contributed by atoms with E-state index in [9.17, 15) is 0 Å². The van der Waals surface area contributed by atoms with E-state index in [1.807, 2.05) is 0 Å². The quantitative estimate of drug-likeness (QED) is 0.215. The molecule has 0 N–H and O–H groups in total. The van der Waals surface area contributed by atoms with Gasteiger partial charge in [-0.05, 0) is 102 Å². The Kier molecular flexibility index (Phi) is 4.60.